The number of allylic oxidation sites excluding steroid dienone is 4. The van der Waals surface area contributed by atoms with Gasteiger partial charge in [-0.2, -0.15) is 0 Å². The van der Waals surface area contributed by atoms with Gasteiger partial charge < -0.3 is 4.74 Å². The zero-order chi connectivity index (χ0) is 21.3. The summed E-state index contributed by atoms with van der Waals surface area (Å²) in [6, 6.07) is 0. The van der Waals surface area contributed by atoms with Crippen molar-refractivity contribution in [3.8, 4) is 0 Å². The van der Waals surface area contributed by atoms with E-state index in [-0.39, 0.29) is 5.97 Å². The first-order chi connectivity index (χ1) is 14.3. The fourth-order valence-corrected chi connectivity index (χ4v) is 3.64. The number of rotatable bonds is 22. The summed E-state index contributed by atoms with van der Waals surface area (Å²) in [6.45, 7) is 2.86. The van der Waals surface area contributed by atoms with Gasteiger partial charge in [-0.1, -0.05) is 105 Å². The van der Waals surface area contributed by atoms with Crippen LogP contribution in [0.1, 0.15) is 122 Å². The average Bonchev–Trinajstić information content (AvgIpc) is 2.73. The zero-order valence-corrected chi connectivity index (χ0v) is 20.7. The van der Waals surface area contributed by atoms with Crippen molar-refractivity contribution in [3.05, 3.63) is 24.3 Å². The molecule has 170 valence electrons. The van der Waals surface area contributed by atoms with E-state index in [1.54, 1.807) is 0 Å². The summed E-state index contributed by atoms with van der Waals surface area (Å²) in [5, 5.41) is 1.09. The van der Waals surface area contributed by atoms with Crippen LogP contribution in [0.4, 0.5) is 0 Å². The number of ether oxygens (including phenoxy) is 1. The van der Waals surface area contributed by atoms with Gasteiger partial charge in [-0.05, 0) is 51.4 Å². The maximum absolute atomic E-state index is 11.7. The largest absolute Gasteiger partial charge is 0.466 e. The van der Waals surface area contributed by atoms with Gasteiger partial charge in [-0.15, -0.1) is 0 Å². The average molecular weight is 472 g/mol. The summed E-state index contributed by atoms with van der Waals surface area (Å²) in [5.74, 6) is -0.00640. The number of alkyl halides is 1. The third-order valence-corrected chi connectivity index (χ3v) is 5.68. The molecule has 0 rings (SSSR count). The number of unbranched alkanes of at least 4 members (excludes halogenated alkanes) is 13. The van der Waals surface area contributed by atoms with Crippen LogP contribution < -0.4 is 0 Å². The molecule has 0 amide bonds. The number of hydrogen-bond acceptors (Lipinski definition) is 2. The van der Waals surface area contributed by atoms with E-state index < -0.39 is 0 Å². The lowest BCUT2D eigenvalue weighted by molar-refractivity contribution is -0.143. The summed E-state index contributed by atoms with van der Waals surface area (Å²) >= 11 is 3.44. The van der Waals surface area contributed by atoms with Crippen molar-refractivity contribution in [1.82, 2.24) is 0 Å². The smallest absolute Gasteiger partial charge is 0.305 e. The van der Waals surface area contributed by atoms with E-state index in [1.807, 2.05) is 0 Å². The summed E-state index contributed by atoms with van der Waals surface area (Å²) in [5.41, 5.74) is 0. The van der Waals surface area contributed by atoms with Gasteiger partial charge in [0.1, 0.15) is 0 Å². The Hall–Kier alpha value is -0.570. The van der Waals surface area contributed by atoms with E-state index in [4.69, 9.17) is 4.74 Å². The predicted octanol–water partition coefficient (Wildman–Crippen LogP) is 9.08. The molecule has 0 radical (unpaired) electrons. The normalized spacial score (nSPS) is 11.7. The Bertz CT molecular complexity index is 390. The van der Waals surface area contributed by atoms with Gasteiger partial charge in [-0.3, -0.25) is 4.79 Å². The zero-order valence-electron chi connectivity index (χ0n) is 19.1. The van der Waals surface area contributed by atoms with Crippen molar-refractivity contribution in [3.63, 3.8) is 0 Å². The molecule has 2 nitrogen and oxygen atoms in total. The third kappa shape index (κ3) is 25.4. The van der Waals surface area contributed by atoms with Gasteiger partial charge in [0.05, 0.1) is 6.61 Å². The SMILES string of the molecule is CCCCC/C=C\C/C=C\CCCCCCCCOC(=O)CCCCCCCBr. The summed E-state index contributed by atoms with van der Waals surface area (Å²) in [6.07, 6.45) is 30.6. The number of hydrogen-bond donors (Lipinski definition) is 0. The minimum atomic E-state index is -0.00640. The molecule has 0 aromatic rings. The Balaban J connectivity index is 3.23. The lowest BCUT2D eigenvalue weighted by Crippen LogP contribution is -2.05. The molecule has 3 heteroatoms. The Morgan fingerprint density at radius 1 is 0.690 bits per heavy atom. The standard InChI is InChI=1S/C26H47BrO2/c1-2-3-4-5-6-7-8-9-10-11-12-13-14-15-19-22-25-29-26(28)23-20-17-16-18-21-24-27/h6-7,9-10H,2-5,8,11-25H2,1H3/b7-6-,10-9-. The van der Waals surface area contributed by atoms with Crippen LogP contribution in [0.15, 0.2) is 24.3 Å². The molecule has 0 aliphatic heterocycles. The Kier molecular flexibility index (Phi) is 25.0. The Morgan fingerprint density at radius 3 is 1.90 bits per heavy atom. The van der Waals surface area contributed by atoms with E-state index in [9.17, 15) is 4.79 Å². The molecule has 0 unspecified atom stereocenters. The molecule has 0 bridgehead atoms. The fourth-order valence-electron chi connectivity index (χ4n) is 3.24. The molecule has 0 aromatic carbocycles. The van der Waals surface area contributed by atoms with Crippen LogP contribution in [-0.2, 0) is 9.53 Å². The number of carbonyl (C=O) groups is 1. The highest BCUT2D eigenvalue weighted by Gasteiger charge is 2.02. The van der Waals surface area contributed by atoms with Gasteiger partial charge in [-0.25, -0.2) is 0 Å². The fraction of sp³-hybridized carbons (Fsp3) is 0.808. The summed E-state index contributed by atoms with van der Waals surface area (Å²) in [7, 11) is 0. The highest BCUT2D eigenvalue weighted by Crippen LogP contribution is 2.10. The minimum absolute atomic E-state index is 0.00640. The molecule has 0 aromatic heterocycles. The van der Waals surface area contributed by atoms with Crippen molar-refractivity contribution in [2.75, 3.05) is 11.9 Å². The second kappa shape index (κ2) is 25.5. The van der Waals surface area contributed by atoms with Gasteiger partial charge in [0.25, 0.3) is 0 Å². The minimum Gasteiger partial charge on any atom is -0.466 e. The quantitative estimate of drug-likeness (QED) is 0.0681. The Morgan fingerprint density at radius 2 is 1.24 bits per heavy atom. The molecule has 0 heterocycles. The second-order valence-corrected chi connectivity index (χ2v) is 8.80. The van der Waals surface area contributed by atoms with Crippen molar-refractivity contribution in [2.24, 2.45) is 0 Å². The van der Waals surface area contributed by atoms with Crippen LogP contribution >= 0.6 is 15.9 Å². The van der Waals surface area contributed by atoms with Crippen molar-refractivity contribution < 1.29 is 9.53 Å². The van der Waals surface area contributed by atoms with Crippen LogP contribution in [0.3, 0.4) is 0 Å². The molecule has 29 heavy (non-hydrogen) atoms. The van der Waals surface area contributed by atoms with E-state index in [0.717, 1.165) is 31.0 Å². The molecule has 0 N–H and O–H groups in total. The van der Waals surface area contributed by atoms with Gasteiger partial charge in [0.2, 0.25) is 0 Å². The molecule has 0 saturated carbocycles. The summed E-state index contributed by atoms with van der Waals surface area (Å²) < 4.78 is 5.33. The maximum Gasteiger partial charge on any atom is 0.305 e. The first-order valence-corrected chi connectivity index (χ1v) is 13.4. The first kappa shape index (κ1) is 28.4. The Labute approximate surface area is 190 Å². The summed E-state index contributed by atoms with van der Waals surface area (Å²) in [4.78, 5) is 11.7. The molecule has 0 atom stereocenters. The lowest BCUT2D eigenvalue weighted by atomic mass is 10.1. The van der Waals surface area contributed by atoms with Gasteiger partial charge in [0.15, 0.2) is 0 Å². The van der Waals surface area contributed by atoms with Crippen molar-refractivity contribution >= 4 is 21.9 Å². The molecule has 0 aliphatic rings. The highest BCUT2D eigenvalue weighted by atomic mass is 79.9. The molecular weight excluding hydrogens is 424 g/mol. The van der Waals surface area contributed by atoms with Gasteiger partial charge >= 0.3 is 5.97 Å². The molecule has 0 saturated heterocycles. The van der Waals surface area contributed by atoms with Crippen LogP contribution in [0.25, 0.3) is 0 Å². The van der Waals surface area contributed by atoms with Gasteiger partial charge in [0, 0.05) is 11.8 Å². The second-order valence-electron chi connectivity index (χ2n) is 8.01. The monoisotopic (exact) mass is 470 g/mol. The van der Waals surface area contributed by atoms with Crippen molar-refractivity contribution in [1.29, 1.82) is 0 Å². The maximum atomic E-state index is 11.7. The number of carbonyl (C=O) groups excluding carboxylic acids is 1. The molecule has 0 spiro atoms. The lowest BCUT2D eigenvalue weighted by Gasteiger charge is -2.05. The first-order valence-electron chi connectivity index (χ1n) is 12.3. The van der Waals surface area contributed by atoms with Crippen LogP contribution in [0, 0.1) is 0 Å². The highest BCUT2D eigenvalue weighted by molar-refractivity contribution is 9.09. The molecule has 0 aliphatic carbocycles. The predicted molar refractivity (Wildman–Crippen MR) is 132 cm³/mol. The van der Waals surface area contributed by atoms with Crippen LogP contribution in [0.5, 0.6) is 0 Å². The van der Waals surface area contributed by atoms with Crippen LogP contribution in [0.2, 0.25) is 0 Å². The number of esters is 1. The third-order valence-electron chi connectivity index (χ3n) is 5.12. The van der Waals surface area contributed by atoms with Crippen LogP contribution in [-0.4, -0.2) is 17.9 Å². The topological polar surface area (TPSA) is 26.3 Å². The van der Waals surface area contributed by atoms with E-state index in [2.05, 4.69) is 47.2 Å². The number of halogens is 1. The van der Waals surface area contributed by atoms with E-state index in [1.165, 1.54) is 83.5 Å². The molecular formula is C26H47BrO2. The van der Waals surface area contributed by atoms with E-state index >= 15 is 0 Å². The molecule has 0 fully saturated rings. The van der Waals surface area contributed by atoms with Crippen molar-refractivity contribution in [2.45, 2.75) is 122 Å². The van der Waals surface area contributed by atoms with E-state index in [0.29, 0.717) is 13.0 Å².